The number of aryl methyl sites for hydroxylation is 1. The first kappa shape index (κ1) is 13.7. The number of rotatable bonds is 5. The number of benzene rings is 1. The molecular formula is C9H10ClNO5S. The molecule has 0 saturated carbocycles. The van der Waals surface area contributed by atoms with Gasteiger partial charge in [-0.15, -0.1) is 0 Å². The minimum absolute atomic E-state index is 0.0418. The number of nitro benzene ring substituents is 1. The number of hydrogen-bond acceptors (Lipinski definition) is 5. The summed E-state index contributed by atoms with van der Waals surface area (Å²) in [6, 6.07) is 4.07. The van der Waals surface area contributed by atoms with Crippen molar-refractivity contribution in [1.29, 1.82) is 0 Å². The molecular weight excluding hydrogens is 270 g/mol. The predicted molar refractivity (Wildman–Crippen MR) is 63.0 cm³/mol. The van der Waals surface area contributed by atoms with Gasteiger partial charge in [-0.3, -0.25) is 10.1 Å². The lowest BCUT2D eigenvalue weighted by Crippen LogP contribution is -2.09. The van der Waals surface area contributed by atoms with E-state index in [0.29, 0.717) is 11.3 Å². The van der Waals surface area contributed by atoms with Crippen LogP contribution in [0.5, 0.6) is 5.75 Å². The van der Waals surface area contributed by atoms with Crippen LogP contribution in [-0.2, 0) is 9.05 Å². The van der Waals surface area contributed by atoms with Gasteiger partial charge in [0, 0.05) is 22.8 Å². The highest BCUT2D eigenvalue weighted by Crippen LogP contribution is 2.23. The molecule has 8 heteroatoms. The van der Waals surface area contributed by atoms with Crippen molar-refractivity contribution in [2.45, 2.75) is 6.92 Å². The smallest absolute Gasteiger partial charge is 0.269 e. The highest BCUT2D eigenvalue weighted by atomic mass is 35.7. The zero-order valence-corrected chi connectivity index (χ0v) is 10.5. The number of ether oxygens (including phenoxy) is 1. The average molecular weight is 280 g/mol. The third-order valence-electron chi connectivity index (χ3n) is 1.95. The van der Waals surface area contributed by atoms with E-state index in [0.717, 1.165) is 0 Å². The van der Waals surface area contributed by atoms with Crippen molar-refractivity contribution >= 4 is 25.4 Å². The van der Waals surface area contributed by atoms with Crippen LogP contribution >= 0.6 is 10.7 Å². The van der Waals surface area contributed by atoms with E-state index in [1.54, 1.807) is 6.92 Å². The predicted octanol–water partition coefficient (Wildman–Crippen LogP) is 1.85. The number of nitro groups is 1. The van der Waals surface area contributed by atoms with Gasteiger partial charge in [-0.05, 0) is 18.6 Å². The highest BCUT2D eigenvalue weighted by Gasteiger charge is 2.10. The second-order valence-electron chi connectivity index (χ2n) is 3.30. The molecule has 0 atom stereocenters. The molecule has 0 fully saturated rings. The van der Waals surface area contributed by atoms with Crippen LogP contribution in [0.3, 0.4) is 0 Å². The molecule has 0 unspecified atom stereocenters. The lowest BCUT2D eigenvalue weighted by atomic mass is 10.2. The monoisotopic (exact) mass is 279 g/mol. The Morgan fingerprint density at radius 3 is 2.59 bits per heavy atom. The van der Waals surface area contributed by atoms with Crippen LogP contribution in [0.25, 0.3) is 0 Å². The fourth-order valence-electron chi connectivity index (χ4n) is 1.16. The Morgan fingerprint density at radius 1 is 1.47 bits per heavy atom. The van der Waals surface area contributed by atoms with E-state index in [9.17, 15) is 18.5 Å². The molecule has 0 aliphatic carbocycles. The largest absolute Gasteiger partial charge is 0.492 e. The van der Waals surface area contributed by atoms with Crippen LogP contribution in [0.1, 0.15) is 5.56 Å². The topological polar surface area (TPSA) is 86.5 Å². The van der Waals surface area contributed by atoms with E-state index in [1.165, 1.54) is 18.2 Å². The molecule has 0 spiro atoms. The molecule has 0 radical (unpaired) electrons. The van der Waals surface area contributed by atoms with Crippen molar-refractivity contribution in [3.63, 3.8) is 0 Å². The summed E-state index contributed by atoms with van der Waals surface area (Å²) in [5.74, 6) is 0.0845. The van der Waals surface area contributed by atoms with E-state index < -0.39 is 14.0 Å². The molecule has 1 aromatic carbocycles. The van der Waals surface area contributed by atoms with Crippen LogP contribution in [0.4, 0.5) is 5.69 Å². The Morgan fingerprint density at radius 2 is 2.12 bits per heavy atom. The third kappa shape index (κ3) is 4.58. The summed E-state index contributed by atoms with van der Waals surface area (Å²) in [4.78, 5) is 9.96. The Balaban J connectivity index is 2.70. The second-order valence-corrected chi connectivity index (χ2v) is 6.19. The summed E-state index contributed by atoms with van der Waals surface area (Å²) >= 11 is 0. The van der Waals surface area contributed by atoms with Crippen LogP contribution in [0, 0.1) is 17.0 Å². The van der Waals surface area contributed by atoms with Gasteiger partial charge in [0.15, 0.2) is 0 Å². The van der Waals surface area contributed by atoms with Crippen LogP contribution in [-0.4, -0.2) is 25.7 Å². The molecule has 6 nitrogen and oxygen atoms in total. The lowest BCUT2D eigenvalue weighted by Gasteiger charge is -2.07. The van der Waals surface area contributed by atoms with Crippen molar-refractivity contribution in [3.8, 4) is 5.75 Å². The molecule has 0 heterocycles. The minimum Gasteiger partial charge on any atom is -0.492 e. The third-order valence-corrected chi connectivity index (χ3v) is 3.07. The quantitative estimate of drug-likeness (QED) is 0.466. The van der Waals surface area contributed by atoms with Crippen molar-refractivity contribution in [2.24, 2.45) is 0 Å². The van der Waals surface area contributed by atoms with Crippen molar-refractivity contribution in [2.75, 3.05) is 12.4 Å². The molecule has 0 aromatic heterocycles. The fourth-order valence-corrected chi connectivity index (χ4v) is 1.63. The first-order valence-electron chi connectivity index (χ1n) is 4.60. The van der Waals surface area contributed by atoms with Crippen LogP contribution in [0.2, 0.25) is 0 Å². The molecule has 0 bridgehead atoms. The van der Waals surface area contributed by atoms with E-state index in [1.807, 2.05) is 0 Å². The van der Waals surface area contributed by atoms with Crippen LogP contribution < -0.4 is 4.74 Å². The second kappa shape index (κ2) is 5.33. The molecule has 94 valence electrons. The standard InChI is InChI=1S/C9H10ClNO5S/c1-7-6-8(11(12)13)2-3-9(7)16-4-5-17(10,14)15/h2-3,6H,4-5H2,1H3. The van der Waals surface area contributed by atoms with Crippen molar-refractivity contribution < 1.29 is 18.1 Å². The average Bonchev–Trinajstić information content (AvgIpc) is 2.18. The van der Waals surface area contributed by atoms with Gasteiger partial charge in [0.2, 0.25) is 9.05 Å². The molecule has 0 amide bonds. The normalized spacial score (nSPS) is 11.2. The zero-order chi connectivity index (χ0) is 13.1. The Kier molecular flexibility index (Phi) is 4.30. The number of halogens is 1. The van der Waals surface area contributed by atoms with Gasteiger partial charge in [0.25, 0.3) is 5.69 Å². The first-order chi connectivity index (χ1) is 7.79. The van der Waals surface area contributed by atoms with E-state index in [4.69, 9.17) is 15.4 Å². The van der Waals surface area contributed by atoms with Crippen LogP contribution in [0.15, 0.2) is 18.2 Å². The Labute approximate surface area is 103 Å². The minimum atomic E-state index is -3.59. The maximum atomic E-state index is 10.6. The van der Waals surface area contributed by atoms with Gasteiger partial charge in [-0.25, -0.2) is 8.42 Å². The van der Waals surface area contributed by atoms with Crippen molar-refractivity contribution in [3.05, 3.63) is 33.9 Å². The number of non-ortho nitro benzene ring substituents is 1. The maximum absolute atomic E-state index is 10.6. The molecule has 17 heavy (non-hydrogen) atoms. The summed E-state index contributed by atoms with van der Waals surface area (Å²) in [6.45, 7) is 1.54. The lowest BCUT2D eigenvalue weighted by molar-refractivity contribution is -0.384. The van der Waals surface area contributed by atoms with E-state index in [2.05, 4.69) is 0 Å². The summed E-state index contributed by atoms with van der Waals surface area (Å²) in [5.41, 5.74) is 0.519. The van der Waals surface area contributed by atoms with Gasteiger partial charge < -0.3 is 4.74 Å². The highest BCUT2D eigenvalue weighted by molar-refractivity contribution is 8.13. The SMILES string of the molecule is Cc1cc([N+](=O)[O-])ccc1OCCS(=O)(=O)Cl. The van der Waals surface area contributed by atoms with Gasteiger partial charge in [-0.1, -0.05) is 0 Å². The first-order valence-corrected chi connectivity index (χ1v) is 7.07. The number of nitrogens with zero attached hydrogens (tertiary/aromatic N) is 1. The van der Waals surface area contributed by atoms with Gasteiger partial charge in [0.1, 0.15) is 12.4 Å². The van der Waals surface area contributed by atoms with E-state index in [-0.39, 0.29) is 18.0 Å². The maximum Gasteiger partial charge on any atom is 0.269 e. The van der Waals surface area contributed by atoms with Gasteiger partial charge >= 0.3 is 0 Å². The summed E-state index contributed by atoms with van der Waals surface area (Å²) in [5, 5.41) is 10.5. The molecule has 0 saturated heterocycles. The Hall–Kier alpha value is -1.34. The van der Waals surface area contributed by atoms with Gasteiger partial charge in [0.05, 0.1) is 10.7 Å². The summed E-state index contributed by atoms with van der Waals surface area (Å²) in [7, 11) is 1.42. The molecule has 0 aliphatic heterocycles. The molecule has 0 aliphatic rings. The molecule has 1 aromatic rings. The Bertz CT molecular complexity index is 528. The summed E-state index contributed by atoms with van der Waals surface area (Å²) < 4.78 is 26.5. The van der Waals surface area contributed by atoms with Gasteiger partial charge in [-0.2, -0.15) is 0 Å². The molecule has 0 N–H and O–H groups in total. The molecule has 1 rings (SSSR count). The number of hydrogen-bond donors (Lipinski definition) is 0. The van der Waals surface area contributed by atoms with E-state index >= 15 is 0 Å². The summed E-state index contributed by atoms with van der Waals surface area (Å²) in [6.07, 6.45) is 0. The van der Waals surface area contributed by atoms with Crippen molar-refractivity contribution in [1.82, 2.24) is 0 Å². The zero-order valence-electron chi connectivity index (χ0n) is 8.92. The fraction of sp³-hybridized carbons (Fsp3) is 0.333.